The smallest absolute Gasteiger partial charge is 0.280 e. The maximum Gasteiger partial charge on any atom is 0.280 e. The number of hydrogen-bond donors (Lipinski definition) is 1. The van der Waals surface area contributed by atoms with Crippen molar-refractivity contribution in [3.8, 4) is 23.3 Å². The van der Waals surface area contributed by atoms with Crippen molar-refractivity contribution in [2.45, 2.75) is 13.0 Å². The number of hydrazone groups is 1. The molecule has 0 aliphatic carbocycles. The summed E-state index contributed by atoms with van der Waals surface area (Å²) in [5.41, 5.74) is 3.57. The lowest BCUT2D eigenvalue weighted by Crippen LogP contribution is -2.33. The Morgan fingerprint density at radius 3 is 2.88 bits per heavy atom. The van der Waals surface area contributed by atoms with E-state index >= 15 is 0 Å². The van der Waals surface area contributed by atoms with E-state index in [1.54, 1.807) is 43.3 Å². The molecule has 1 atom stereocenters. The standard InChI is InChI=1S/C18H14ClN3O4/c1-11(26-14-4-2-12(8-20)3-5-14)18(23)22-21-9-13-6-15(19)17-16(7-13)24-10-25-17/h2-7,9,11H,10H2,1H3,(H,22,23)/b21-9-/t11-/m0/s1. The average Bonchev–Trinajstić information content (AvgIpc) is 3.11. The van der Waals surface area contributed by atoms with Crippen molar-refractivity contribution in [3.05, 3.63) is 52.5 Å². The number of nitriles is 1. The molecular formula is C18H14ClN3O4. The van der Waals surface area contributed by atoms with Crippen molar-refractivity contribution in [1.82, 2.24) is 5.43 Å². The van der Waals surface area contributed by atoms with Gasteiger partial charge in [-0.3, -0.25) is 4.79 Å². The molecule has 7 nitrogen and oxygen atoms in total. The summed E-state index contributed by atoms with van der Waals surface area (Å²) < 4.78 is 16.0. The number of ether oxygens (including phenoxy) is 3. The van der Waals surface area contributed by atoms with Gasteiger partial charge in [0.05, 0.1) is 22.9 Å². The Morgan fingerprint density at radius 2 is 2.15 bits per heavy atom. The van der Waals surface area contributed by atoms with Gasteiger partial charge < -0.3 is 14.2 Å². The zero-order valence-electron chi connectivity index (χ0n) is 13.7. The molecule has 2 aromatic carbocycles. The molecule has 132 valence electrons. The first-order chi connectivity index (χ1) is 12.6. The predicted octanol–water partition coefficient (Wildman–Crippen LogP) is 2.86. The monoisotopic (exact) mass is 371 g/mol. The molecule has 1 N–H and O–H groups in total. The van der Waals surface area contributed by atoms with Crippen molar-refractivity contribution < 1.29 is 19.0 Å². The summed E-state index contributed by atoms with van der Waals surface area (Å²) in [7, 11) is 0. The minimum atomic E-state index is -0.763. The summed E-state index contributed by atoms with van der Waals surface area (Å²) in [5.74, 6) is 1.09. The highest BCUT2D eigenvalue weighted by molar-refractivity contribution is 6.32. The predicted molar refractivity (Wildman–Crippen MR) is 94.6 cm³/mol. The normalized spacial score (nSPS) is 13.3. The number of carbonyl (C=O) groups excluding carboxylic acids is 1. The highest BCUT2D eigenvalue weighted by Crippen LogP contribution is 2.39. The van der Waals surface area contributed by atoms with Crippen LogP contribution in [-0.2, 0) is 4.79 Å². The number of fused-ring (bicyclic) bond motifs is 1. The Hall–Kier alpha value is -3.24. The van der Waals surface area contributed by atoms with E-state index in [1.165, 1.54) is 6.21 Å². The first-order valence-electron chi connectivity index (χ1n) is 7.65. The molecule has 26 heavy (non-hydrogen) atoms. The Bertz CT molecular complexity index is 891. The Labute approximate surface area is 154 Å². The van der Waals surface area contributed by atoms with Crippen LogP contribution in [0, 0.1) is 11.3 Å². The van der Waals surface area contributed by atoms with Gasteiger partial charge in [-0.25, -0.2) is 5.43 Å². The molecule has 8 heteroatoms. The van der Waals surface area contributed by atoms with Gasteiger partial charge in [0, 0.05) is 0 Å². The molecule has 1 aliphatic heterocycles. The van der Waals surface area contributed by atoms with Gasteiger partial charge in [0.25, 0.3) is 5.91 Å². The molecular weight excluding hydrogens is 358 g/mol. The first kappa shape index (κ1) is 17.6. The highest BCUT2D eigenvalue weighted by Gasteiger charge is 2.18. The van der Waals surface area contributed by atoms with E-state index in [-0.39, 0.29) is 6.79 Å². The van der Waals surface area contributed by atoms with E-state index in [9.17, 15) is 4.79 Å². The molecule has 0 radical (unpaired) electrons. The third kappa shape index (κ3) is 4.05. The van der Waals surface area contributed by atoms with E-state index in [0.29, 0.717) is 33.4 Å². The van der Waals surface area contributed by atoms with E-state index in [2.05, 4.69) is 10.5 Å². The van der Waals surface area contributed by atoms with Crippen LogP contribution in [0.2, 0.25) is 5.02 Å². The Kier molecular flexibility index (Phi) is 5.25. The fourth-order valence-corrected chi connectivity index (χ4v) is 2.46. The van der Waals surface area contributed by atoms with Crippen LogP contribution < -0.4 is 19.6 Å². The van der Waals surface area contributed by atoms with Gasteiger partial charge in [0.1, 0.15) is 5.75 Å². The second kappa shape index (κ2) is 7.76. The summed E-state index contributed by atoms with van der Waals surface area (Å²) >= 11 is 6.08. The fourth-order valence-electron chi connectivity index (χ4n) is 2.19. The first-order valence-corrected chi connectivity index (χ1v) is 8.03. The van der Waals surface area contributed by atoms with Gasteiger partial charge in [-0.15, -0.1) is 0 Å². The van der Waals surface area contributed by atoms with Crippen LogP contribution in [0.5, 0.6) is 17.2 Å². The van der Waals surface area contributed by atoms with Crippen molar-refractivity contribution in [2.75, 3.05) is 6.79 Å². The molecule has 3 rings (SSSR count). The largest absolute Gasteiger partial charge is 0.481 e. The minimum absolute atomic E-state index is 0.122. The zero-order chi connectivity index (χ0) is 18.5. The van der Waals surface area contributed by atoms with Gasteiger partial charge in [-0.1, -0.05) is 11.6 Å². The molecule has 1 aliphatic rings. The van der Waals surface area contributed by atoms with Gasteiger partial charge in [0.15, 0.2) is 17.6 Å². The molecule has 0 bridgehead atoms. The number of halogens is 1. The van der Waals surface area contributed by atoms with Crippen molar-refractivity contribution in [1.29, 1.82) is 5.26 Å². The van der Waals surface area contributed by atoms with Crippen LogP contribution in [0.15, 0.2) is 41.5 Å². The van der Waals surface area contributed by atoms with Gasteiger partial charge >= 0.3 is 0 Å². The SMILES string of the molecule is C[C@H](Oc1ccc(C#N)cc1)C(=O)N/N=C\c1cc(Cl)c2c(c1)OCO2. The number of amides is 1. The van der Waals surface area contributed by atoms with Crippen LogP contribution in [0.25, 0.3) is 0 Å². The quantitative estimate of drug-likeness (QED) is 0.644. The number of hydrogen-bond acceptors (Lipinski definition) is 6. The number of nitrogens with zero attached hydrogens (tertiary/aromatic N) is 2. The summed E-state index contributed by atoms with van der Waals surface area (Å²) in [6.07, 6.45) is 0.681. The average molecular weight is 372 g/mol. The summed E-state index contributed by atoms with van der Waals surface area (Å²) in [5, 5.41) is 13.1. The maximum absolute atomic E-state index is 12.0. The van der Waals surface area contributed by atoms with E-state index in [0.717, 1.165) is 0 Å². The summed E-state index contributed by atoms with van der Waals surface area (Å²) in [6.45, 7) is 1.72. The van der Waals surface area contributed by atoms with Crippen molar-refractivity contribution in [3.63, 3.8) is 0 Å². The topological polar surface area (TPSA) is 92.9 Å². The van der Waals surface area contributed by atoms with Crippen LogP contribution >= 0.6 is 11.6 Å². The lowest BCUT2D eigenvalue weighted by atomic mass is 10.2. The highest BCUT2D eigenvalue weighted by atomic mass is 35.5. The summed E-state index contributed by atoms with van der Waals surface area (Å²) in [4.78, 5) is 12.0. The van der Waals surface area contributed by atoms with Crippen molar-refractivity contribution in [2.24, 2.45) is 5.10 Å². The third-order valence-electron chi connectivity index (χ3n) is 3.50. The third-order valence-corrected chi connectivity index (χ3v) is 3.78. The van der Waals surface area contributed by atoms with Gasteiger partial charge in [-0.05, 0) is 48.9 Å². The molecule has 0 saturated carbocycles. The van der Waals surface area contributed by atoms with Crippen molar-refractivity contribution >= 4 is 23.7 Å². The number of benzene rings is 2. The fraction of sp³-hybridized carbons (Fsp3) is 0.167. The number of rotatable bonds is 5. The molecule has 1 heterocycles. The maximum atomic E-state index is 12.0. The second-order valence-electron chi connectivity index (χ2n) is 5.37. The lowest BCUT2D eigenvalue weighted by molar-refractivity contribution is -0.127. The van der Waals surface area contributed by atoms with Crippen LogP contribution in [-0.4, -0.2) is 25.0 Å². The molecule has 0 unspecified atom stereocenters. The number of nitrogens with one attached hydrogen (secondary N) is 1. The second-order valence-corrected chi connectivity index (χ2v) is 5.77. The van der Waals surface area contributed by atoms with E-state index in [4.69, 9.17) is 31.1 Å². The lowest BCUT2D eigenvalue weighted by Gasteiger charge is -2.12. The van der Waals surface area contributed by atoms with Gasteiger partial charge in [-0.2, -0.15) is 10.4 Å². The molecule has 0 saturated heterocycles. The van der Waals surface area contributed by atoms with Crippen LogP contribution in [0.1, 0.15) is 18.1 Å². The van der Waals surface area contributed by atoms with Crippen LogP contribution in [0.3, 0.4) is 0 Å². The molecule has 0 spiro atoms. The minimum Gasteiger partial charge on any atom is -0.481 e. The zero-order valence-corrected chi connectivity index (χ0v) is 14.5. The molecule has 2 aromatic rings. The van der Waals surface area contributed by atoms with E-state index in [1.807, 2.05) is 6.07 Å². The number of carbonyl (C=O) groups is 1. The Balaban J connectivity index is 1.57. The Morgan fingerprint density at radius 1 is 1.38 bits per heavy atom. The summed E-state index contributed by atoms with van der Waals surface area (Å²) in [6, 6.07) is 11.9. The van der Waals surface area contributed by atoms with E-state index < -0.39 is 12.0 Å². The molecule has 0 fully saturated rings. The molecule has 0 aromatic heterocycles. The molecule has 1 amide bonds. The van der Waals surface area contributed by atoms with Gasteiger partial charge in [0.2, 0.25) is 6.79 Å². The van der Waals surface area contributed by atoms with Crippen LogP contribution in [0.4, 0.5) is 0 Å².